The molecule has 1 aliphatic rings. The van der Waals surface area contributed by atoms with E-state index in [1.54, 1.807) is 11.8 Å². The van der Waals surface area contributed by atoms with Crippen LogP contribution in [0.25, 0.3) is 0 Å². The molecule has 1 N–H and O–H groups in total. The van der Waals surface area contributed by atoms with Crippen LogP contribution in [0.4, 0.5) is 15.8 Å². The number of ether oxygens (including phenoxy) is 1. The largest absolute Gasteiger partial charge is 0.466 e. The van der Waals surface area contributed by atoms with Crippen molar-refractivity contribution >= 4 is 23.3 Å². The molecule has 9 heteroatoms. The van der Waals surface area contributed by atoms with Crippen LogP contribution in [0.5, 0.6) is 0 Å². The van der Waals surface area contributed by atoms with Gasteiger partial charge in [-0.3, -0.25) is 19.7 Å². The number of nitrogens with zero attached hydrogens (tertiary/aromatic N) is 2. The molecule has 1 aliphatic heterocycles. The van der Waals surface area contributed by atoms with E-state index >= 15 is 0 Å². The van der Waals surface area contributed by atoms with Crippen molar-refractivity contribution in [1.82, 2.24) is 4.90 Å². The Morgan fingerprint density at radius 1 is 1.40 bits per heavy atom. The Bertz CT molecular complexity index is 659. The normalized spacial score (nSPS) is 14.9. The maximum Gasteiger partial charge on any atom is 0.309 e. The minimum absolute atomic E-state index is 0.0626. The molecule has 0 radical (unpaired) electrons. The molecule has 0 spiro atoms. The highest BCUT2D eigenvalue weighted by atomic mass is 19.1. The molecule has 0 saturated carbocycles. The van der Waals surface area contributed by atoms with Crippen LogP contribution in [-0.2, 0) is 14.3 Å². The summed E-state index contributed by atoms with van der Waals surface area (Å²) in [6.07, 6.45) is 1.10. The number of halogens is 1. The highest BCUT2D eigenvalue weighted by Gasteiger charge is 2.28. The summed E-state index contributed by atoms with van der Waals surface area (Å²) >= 11 is 0. The van der Waals surface area contributed by atoms with Crippen molar-refractivity contribution < 1.29 is 23.6 Å². The van der Waals surface area contributed by atoms with Crippen LogP contribution < -0.4 is 5.32 Å². The average molecular weight is 353 g/mol. The fourth-order valence-corrected chi connectivity index (χ4v) is 2.68. The maximum absolute atomic E-state index is 13.3. The standard InChI is InChI=1S/C16H20FN3O5/c1-2-25-16(22)11-5-7-19(8-6-11)15(21)10-18-12-3-4-13(17)14(9-12)20(23)24/h3-4,9,11,18H,2,5-8,10H2,1H3. The maximum atomic E-state index is 13.3. The number of nitro benzene ring substituents is 1. The Hall–Kier alpha value is -2.71. The molecule has 1 aromatic rings. The van der Waals surface area contributed by atoms with Crippen LogP contribution in [0, 0.1) is 21.8 Å². The Kier molecular flexibility index (Phi) is 6.26. The van der Waals surface area contributed by atoms with Gasteiger partial charge in [-0.1, -0.05) is 0 Å². The van der Waals surface area contributed by atoms with E-state index in [4.69, 9.17) is 4.74 Å². The fraction of sp³-hybridized carbons (Fsp3) is 0.500. The summed E-state index contributed by atoms with van der Waals surface area (Å²) in [5.74, 6) is -1.53. The van der Waals surface area contributed by atoms with Gasteiger partial charge in [0.05, 0.1) is 24.0 Å². The van der Waals surface area contributed by atoms with Crippen LogP contribution in [-0.4, -0.2) is 47.9 Å². The number of hydrogen-bond donors (Lipinski definition) is 1. The Morgan fingerprint density at radius 2 is 2.08 bits per heavy atom. The lowest BCUT2D eigenvalue weighted by Crippen LogP contribution is -2.43. The summed E-state index contributed by atoms with van der Waals surface area (Å²) in [7, 11) is 0. The number of piperidine rings is 1. The quantitative estimate of drug-likeness (QED) is 0.476. The topological polar surface area (TPSA) is 102 Å². The van der Waals surface area contributed by atoms with Gasteiger partial charge in [-0.15, -0.1) is 0 Å². The van der Waals surface area contributed by atoms with Gasteiger partial charge in [0.1, 0.15) is 0 Å². The van der Waals surface area contributed by atoms with Gasteiger partial charge < -0.3 is 15.0 Å². The molecule has 1 saturated heterocycles. The summed E-state index contributed by atoms with van der Waals surface area (Å²) in [4.78, 5) is 35.4. The molecule has 1 fully saturated rings. The Balaban J connectivity index is 1.84. The number of carbonyl (C=O) groups excluding carboxylic acids is 2. The first-order valence-corrected chi connectivity index (χ1v) is 8.04. The molecule has 0 aliphatic carbocycles. The van der Waals surface area contributed by atoms with E-state index in [-0.39, 0.29) is 24.3 Å². The number of anilines is 1. The second-order valence-electron chi connectivity index (χ2n) is 5.68. The SMILES string of the molecule is CCOC(=O)C1CCN(C(=O)CNc2ccc(F)c([N+](=O)[O-])c2)CC1. The van der Waals surface area contributed by atoms with E-state index in [2.05, 4.69) is 5.32 Å². The second-order valence-corrected chi connectivity index (χ2v) is 5.68. The van der Waals surface area contributed by atoms with Crippen LogP contribution in [0.3, 0.4) is 0 Å². The van der Waals surface area contributed by atoms with Crippen molar-refractivity contribution in [2.45, 2.75) is 19.8 Å². The van der Waals surface area contributed by atoms with Crippen molar-refractivity contribution in [1.29, 1.82) is 0 Å². The number of nitrogens with one attached hydrogen (secondary N) is 1. The molecule has 8 nitrogen and oxygen atoms in total. The van der Waals surface area contributed by atoms with E-state index < -0.39 is 16.4 Å². The van der Waals surface area contributed by atoms with Gasteiger partial charge in [-0.2, -0.15) is 4.39 Å². The fourth-order valence-electron chi connectivity index (χ4n) is 2.68. The average Bonchev–Trinajstić information content (AvgIpc) is 2.60. The van der Waals surface area contributed by atoms with Crippen LogP contribution in [0.1, 0.15) is 19.8 Å². The highest BCUT2D eigenvalue weighted by molar-refractivity contribution is 5.81. The second kappa shape index (κ2) is 8.41. The third-order valence-corrected chi connectivity index (χ3v) is 4.05. The lowest BCUT2D eigenvalue weighted by molar-refractivity contribution is -0.387. The molecular formula is C16H20FN3O5. The van der Waals surface area contributed by atoms with Gasteiger partial charge in [-0.25, -0.2) is 0 Å². The Morgan fingerprint density at radius 3 is 2.68 bits per heavy atom. The van der Waals surface area contributed by atoms with Crippen molar-refractivity contribution in [2.75, 3.05) is 31.6 Å². The highest BCUT2D eigenvalue weighted by Crippen LogP contribution is 2.22. The van der Waals surface area contributed by atoms with Gasteiger partial charge >= 0.3 is 11.7 Å². The van der Waals surface area contributed by atoms with E-state index in [1.807, 2.05) is 0 Å². The zero-order valence-electron chi connectivity index (χ0n) is 13.9. The summed E-state index contributed by atoms with van der Waals surface area (Å²) in [6.45, 7) is 2.93. The van der Waals surface area contributed by atoms with Gasteiger partial charge in [0.15, 0.2) is 0 Å². The molecule has 25 heavy (non-hydrogen) atoms. The number of likely N-dealkylation sites (tertiary alicyclic amines) is 1. The molecule has 0 unspecified atom stereocenters. The summed E-state index contributed by atoms with van der Waals surface area (Å²) < 4.78 is 18.3. The van der Waals surface area contributed by atoms with Gasteiger partial charge in [0.2, 0.25) is 11.7 Å². The third kappa shape index (κ3) is 4.88. The third-order valence-electron chi connectivity index (χ3n) is 4.05. The number of esters is 1. The van der Waals surface area contributed by atoms with Gasteiger partial charge in [-0.05, 0) is 31.9 Å². The number of amides is 1. The summed E-state index contributed by atoms with van der Waals surface area (Å²) in [5, 5.41) is 13.5. The number of nitro groups is 1. The Labute approximate surface area is 144 Å². The number of carbonyl (C=O) groups is 2. The van der Waals surface area contributed by atoms with Crippen molar-refractivity contribution in [3.63, 3.8) is 0 Å². The van der Waals surface area contributed by atoms with Gasteiger partial charge in [0.25, 0.3) is 0 Å². The molecule has 136 valence electrons. The number of rotatable bonds is 6. The predicted octanol–water partition coefficient (Wildman–Crippen LogP) is 1.95. The summed E-state index contributed by atoms with van der Waals surface area (Å²) in [5.41, 5.74) is -0.351. The van der Waals surface area contributed by atoms with Crippen molar-refractivity contribution in [3.8, 4) is 0 Å². The van der Waals surface area contributed by atoms with Crippen LogP contribution >= 0.6 is 0 Å². The van der Waals surface area contributed by atoms with E-state index in [1.165, 1.54) is 6.07 Å². The summed E-state index contributed by atoms with van der Waals surface area (Å²) in [6, 6.07) is 3.37. The van der Waals surface area contributed by atoms with Crippen molar-refractivity contribution in [2.24, 2.45) is 5.92 Å². The predicted molar refractivity (Wildman–Crippen MR) is 87.5 cm³/mol. The lowest BCUT2D eigenvalue weighted by Gasteiger charge is -2.31. The van der Waals surface area contributed by atoms with Crippen LogP contribution in [0.2, 0.25) is 0 Å². The first-order valence-electron chi connectivity index (χ1n) is 8.04. The molecule has 0 atom stereocenters. The smallest absolute Gasteiger partial charge is 0.309 e. The van der Waals surface area contributed by atoms with E-state index in [9.17, 15) is 24.1 Å². The zero-order valence-corrected chi connectivity index (χ0v) is 13.9. The molecule has 0 aromatic heterocycles. The monoisotopic (exact) mass is 353 g/mol. The van der Waals surface area contributed by atoms with E-state index in [0.29, 0.717) is 38.2 Å². The molecule has 2 rings (SSSR count). The van der Waals surface area contributed by atoms with Crippen LogP contribution in [0.15, 0.2) is 18.2 Å². The minimum Gasteiger partial charge on any atom is -0.466 e. The number of benzene rings is 1. The molecule has 1 aromatic carbocycles. The zero-order chi connectivity index (χ0) is 18.4. The molecule has 0 bridgehead atoms. The molecular weight excluding hydrogens is 333 g/mol. The van der Waals surface area contributed by atoms with Gasteiger partial charge in [0, 0.05) is 24.8 Å². The number of hydrogen-bond acceptors (Lipinski definition) is 6. The first kappa shape index (κ1) is 18.6. The lowest BCUT2D eigenvalue weighted by atomic mass is 9.97. The van der Waals surface area contributed by atoms with Crippen molar-refractivity contribution in [3.05, 3.63) is 34.1 Å². The molecule has 1 amide bonds. The minimum atomic E-state index is -0.928. The first-order chi connectivity index (χ1) is 11.9. The van der Waals surface area contributed by atoms with E-state index in [0.717, 1.165) is 12.1 Å². The molecule has 1 heterocycles.